The van der Waals surface area contributed by atoms with Crippen LogP contribution in [0.5, 0.6) is 0 Å². The van der Waals surface area contributed by atoms with E-state index in [0.717, 1.165) is 18.2 Å². The predicted molar refractivity (Wildman–Crippen MR) is 63.9 cm³/mol. The van der Waals surface area contributed by atoms with E-state index in [4.69, 9.17) is 0 Å². The van der Waals surface area contributed by atoms with Crippen molar-refractivity contribution in [3.63, 3.8) is 0 Å². The second kappa shape index (κ2) is 4.94. The second-order valence-electron chi connectivity index (χ2n) is 3.55. The van der Waals surface area contributed by atoms with Crippen molar-refractivity contribution >= 4 is 21.7 Å². The molecular weight excluding hydrogens is 309 g/mol. The van der Waals surface area contributed by atoms with Crippen molar-refractivity contribution in [3.05, 3.63) is 69.4 Å². The van der Waals surface area contributed by atoms with Crippen LogP contribution in [0, 0.1) is 17.5 Å². The maximum absolute atomic E-state index is 13.6. The minimum atomic E-state index is -1.02. The Kier molecular flexibility index (Phi) is 3.52. The number of carbonyl (C=O) groups is 1. The standard InChI is InChI=1S/C13H6BrF3O/c14-9-2-1-3-10(16)12(9)13(18)8-5-4-7(15)6-11(8)17/h1-6H. The van der Waals surface area contributed by atoms with Crippen LogP contribution >= 0.6 is 15.9 Å². The third kappa shape index (κ3) is 2.31. The van der Waals surface area contributed by atoms with E-state index in [1.807, 2.05) is 0 Å². The van der Waals surface area contributed by atoms with Crippen molar-refractivity contribution in [2.24, 2.45) is 0 Å². The van der Waals surface area contributed by atoms with E-state index in [-0.39, 0.29) is 15.6 Å². The van der Waals surface area contributed by atoms with E-state index < -0.39 is 23.2 Å². The van der Waals surface area contributed by atoms with Gasteiger partial charge in [0, 0.05) is 10.5 Å². The average molecular weight is 315 g/mol. The Morgan fingerprint density at radius 3 is 2.33 bits per heavy atom. The van der Waals surface area contributed by atoms with Crippen LogP contribution in [0.4, 0.5) is 13.2 Å². The molecule has 0 amide bonds. The predicted octanol–water partition coefficient (Wildman–Crippen LogP) is 4.10. The molecule has 0 heterocycles. The molecule has 2 aromatic carbocycles. The largest absolute Gasteiger partial charge is 0.288 e. The highest BCUT2D eigenvalue weighted by Crippen LogP contribution is 2.24. The molecule has 92 valence electrons. The van der Waals surface area contributed by atoms with E-state index >= 15 is 0 Å². The van der Waals surface area contributed by atoms with Gasteiger partial charge in [0.05, 0.1) is 11.1 Å². The highest BCUT2D eigenvalue weighted by molar-refractivity contribution is 9.10. The SMILES string of the molecule is O=C(c1ccc(F)cc1F)c1c(F)cccc1Br. The van der Waals surface area contributed by atoms with Gasteiger partial charge < -0.3 is 0 Å². The minimum absolute atomic E-state index is 0.219. The van der Waals surface area contributed by atoms with Gasteiger partial charge in [0.15, 0.2) is 5.78 Å². The van der Waals surface area contributed by atoms with Crippen LogP contribution in [0.15, 0.2) is 40.9 Å². The van der Waals surface area contributed by atoms with Crippen molar-refractivity contribution in [1.82, 2.24) is 0 Å². The molecule has 1 nitrogen and oxygen atoms in total. The number of halogens is 4. The highest BCUT2D eigenvalue weighted by Gasteiger charge is 2.20. The van der Waals surface area contributed by atoms with Gasteiger partial charge in [-0.25, -0.2) is 13.2 Å². The number of benzene rings is 2. The lowest BCUT2D eigenvalue weighted by Gasteiger charge is -2.06. The first-order valence-electron chi connectivity index (χ1n) is 4.94. The summed E-state index contributed by atoms with van der Waals surface area (Å²) in [6.07, 6.45) is 0. The van der Waals surface area contributed by atoms with Crippen LogP contribution in [0.3, 0.4) is 0 Å². The monoisotopic (exact) mass is 314 g/mol. The summed E-state index contributed by atoms with van der Waals surface area (Å²) in [7, 11) is 0. The summed E-state index contributed by atoms with van der Waals surface area (Å²) in [5.74, 6) is -3.41. The van der Waals surface area contributed by atoms with Crippen molar-refractivity contribution in [2.75, 3.05) is 0 Å². The van der Waals surface area contributed by atoms with Crippen LogP contribution in [-0.2, 0) is 0 Å². The third-order valence-corrected chi connectivity index (χ3v) is 3.03. The fourth-order valence-corrected chi connectivity index (χ4v) is 2.05. The van der Waals surface area contributed by atoms with Crippen LogP contribution in [0.2, 0.25) is 0 Å². The number of carbonyl (C=O) groups excluding carboxylic acids is 1. The third-order valence-electron chi connectivity index (χ3n) is 2.37. The topological polar surface area (TPSA) is 17.1 Å². The Bertz CT molecular complexity index is 605. The zero-order valence-electron chi connectivity index (χ0n) is 8.88. The number of rotatable bonds is 2. The number of hydrogen-bond acceptors (Lipinski definition) is 1. The first-order valence-corrected chi connectivity index (χ1v) is 5.74. The lowest BCUT2D eigenvalue weighted by molar-refractivity contribution is 0.103. The molecule has 5 heteroatoms. The van der Waals surface area contributed by atoms with Gasteiger partial charge in [0.2, 0.25) is 0 Å². The molecule has 0 aliphatic carbocycles. The average Bonchev–Trinajstić information content (AvgIpc) is 2.28. The summed E-state index contributed by atoms with van der Waals surface area (Å²) in [5, 5.41) is 0. The minimum Gasteiger partial charge on any atom is -0.288 e. The molecule has 0 spiro atoms. The van der Waals surface area contributed by atoms with Gasteiger partial charge >= 0.3 is 0 Å². The molecule has 0 saturated carbocycles. The van der Waals surface area contributed by atoms with Gasteiger partial charge in [0.25, 0.3) is 0 Å². The van der Waals surface area contributed by atoms with E-state index in [1.54, 1.807) is 0 Å². The molecular formula is C13H6BrF3O. The van der Waals surface area contributed by atoms with E-state index in [0.29, 0.717) is 6.07 Å². The van der Waals surface area contributed by atoms with Crippen molar-refractivity contribution < 1.29 is 18.0 Å². The molecule has 2 aromatic rings. The smallest absolute Gasteiger partial charge is 0.200 e. The van der Waals surface area contributed by atoms with Crippen LogP contribution in [0.25, 0.3) is 0 Å². The normalized spacial score (nSPS) is 10.4. The quantitative estimate of drug-likeness (QED) is 0.763. The Balaban J connectivity index is 2.55. The molecule has 0 N–H and O–H groups in total. The van der Waals surface area contributed by atoms with Crippen molar-refractivity contribution in [3.8, 4) is 0 Å². The second-order valence-corrected chi connectivity index (χ2v) is 4.40. The van der Waals surface area contributed by atoms with E-state index in [2.05, 4.69) is 15.9 Å². The molecule has 0 aromatic heterocycles. The van der Waals surface area contributed by atoms with E-state index in [1.165, 1.54) is 12.1 Å². The molecule has 0 bridgehead atoms. The maximum Gasteiger partial charge on any atom is 0.200 e. The number of ketones is 1. The molecule has 0 aliphatic heterocycles. The summed E-state index contributed by atoms with van der Waals surface area (Å²) >= 11 is 3.03. The summed E-state index contributed by atoms with van der Waals surface area (Å²) < 4.78 is 40.0. The summed E-state index contributed by atoms with van der Waals surface area (Å²) in [6, 6.07) is 6.51. The molecule has 18 heavy (non-hydrogen) atoms. The van der Waals surface area contributed by atoms with Crippen molar-refractivity contribution in [2.45, 2.75) is 0 Å². The number of hydrogen-bond donors (Lipinski definition) is 0. The molecule has 2 rings (SSSR count). The van der Waals surface area contributed by atoms with Crippen LogP contribution in [0.1, 0.15) is 15.9 Å². The molecule has 0 atom stereocenters. The molecule has 0 saturated heterocycles. The summed E-state index contributed by atoms with van der Waals surface area (Å²) in [6.45, 7) is 0. The van der Waals surface area contributed by atoms with Gasteiger partial charge in [-0.1, -0.05) is 6.07 Å². The zero-order valence-corrected chi connectivity index (χ0v) is 10.5. The molecule has 0 aliphatic rings. The Labute approximate surface area is 109 Å². The lowest BCUT2D eigenvalue weighted by atomic mass is 10.0. The van der Waals surface area contributed by atoms with E-state index in [9.17, 15) is 18.0 Å². The first-order chi connectivity index (χ1) is 8.50. The van der Waals surface area contributed by atoms with Gasteiger partial charge in [-0.2, -0.15) is 0 Å². The fraction of sp³-hybridized carbons (Fsp3) is 0. The van der Waals surface area contributed by atoms with Crippen LogP contribution < -0.4 is 0 Å². The van der Waals surface area contributed by atoms with Gasteiger partial charge in [-0.05, 0) is 40.2 Å². The molecule has 0 fully saturated rings. The first kappa shape index (κ1) is 12.8. The van der Waals surface area contributed by atoms with Gasteiger partial charge in [0.1, 0.15) is 17.5 Å². The molecule has 0 radical (unpaired) electrons. The van der Waals surface area contributed by atoms with Crippen LogP contribution in [-0.4, -0.2) is 5.78 Å². The summed E-state index contributed by atoms with van der Waals surface area (Å²) in [5.41, 5.74) is -0.648. The fourth-order valence-electron chi connectivity index (χ4n) is 1.52. The Morgan fingerprint density at radius 2 is 1.72 bits per heavy atom. The van der Waals surface area contributed by atoms with Gasteiger partial charge in [-0.15, -0.1) is 0 Å². The Hall–Kier alpha value is -1.62. The summed E-state index contributed by atoms with van der Waals surface area (Å²) in [4.78, 5) is 12.0. The molecule has 0 unspecified atom stereocenters. The van der Waals surface area contributed by atoms with Gasteiger partial charge in [-0.3, -0.25) is 4.79 Å². The zero-order chi connectivity index (χ0) is 13.3. The Morgan fingerprint density at radius 1 is 1.00 bits per heavy atom. The maximum atomic E-state index is 13.6. The lowest BCUT2D eigenvalue weighted by Crippen LogP contribution is -2.08. The van der Waals surface area contributed by atoms with Crippen molar-refractivity contribution in [1.29, 1.82) is 0 Å². The highest BCUT2D eigenvalue weighted by atomic mass is 79.9.